The first-order valence-electron chi connectivity index (χ1n) is 5.59. The molecule has 0 radical (unpaired) electrons. The second kappa shape index (κ2) is 7.37. The highest BCUT2D eigenvalue weighted by molar-refractivity contribution is 8.00. The maximum absolute atomic E-state index is 11.6. The number of nitrogens with two attached hydrogens (primary N) is 1. The second-order valence-corrected chi connectivity index (χ2v) is 6.83. The van der Waals surface area contributed by atoms with Crippen LogP contribution in [0.3, 0.4) is 0 Å². The van der Waals surface area contributed by atoms with Crippen LogP contribution >= 0.6 is 11.8 Å². The number of rotatable bonds is 7. The van der Waals surface area contributed by atoms with E-state index in [1.807, 2.05) is 12.1 Å². The van der Waals surface area contributed by atoms with Crippen LogP contribution < -0.4 is 15.8 Å². The minimum absolute atomic E-state index is 0.0426. The van der Waals surface area contributed by atoms with Gasteiger partial charge in [-0.25, -0.2) is 13.1 Å². The predicted molar refractivity (Wildman–Crippen MR) is 77.4 cm³/mol. The van der Waals surface area contributed by atoms with Crippen molar-refractivity contribution in [1.29, 1.82) is 0 Å². The van der Waals surface area contributed by atoms with Crippen LogP contribution in [0.15, 0.2) is 29.2 Å². The van der Waals surface area contributed by atoms with E-state index in [0.717, 1.165) is 4.90 Å². The van der Waals surface area contributed by atoms with Crippen LogP contribution in [0.4, 0.5) is 5.69 Å². The fraction of sp³-hybridized carbons (Fsp3) is 0.364. The Kier molecular flexibility index (Phi) is 6.13. The van der Waals surface area contributed by atoms with Gasteiger partial charge in [0, 0.05) is 23.4 Å². The van der Waals surface area contributed by atoms with Crippen molar-refractivity contribution in [2.24, 2.45) is 0 Å². The Labute approximate surface area is 117 Å². The van der Waals surface area contributed by atoms with Crippen molar-refractivity contribution in [1.82, 2.24) is 10.0 Å². The smallest absolute Gasteiger partial charge is 0.234 e. The summed E-state index contributed by atoms with van der Waals surface area (Å²) in [6.45, 7) is -0.231. The molecule has 6 nitrogen and oxygen atoms in total. The molecule has 0 unspecified atom stereocenters. The molecule has 0 saturated carbocycles. The molecule has 4 N–H and O–H groups in total. The molecule has 0 spiro atoms. The lowest BCUT2D eigenvalue weighted by Crippen LogP contribution is -2.36. The quantitative estimate of drug-likeness (QED) is 0.487. The van der Waals surface area contributed by atoms with Crippen LogP contribution in [-0.4, -0.2) is 39.4 Å². The number of sulfonamides is 1. The number of hydrogen-bond acceptors (Lipinski definition) is 5. The van der Waals surface area contributed by atoms with E-state index < -0.39 is 10.0 Å². The van der Waals surface area contributed by atoms with E-state index in [9.17, 15) is 13.2 Å². The first-order chi connectivity index (χ1) is 8.93. The Morgan fingerprint density at radius 1 is 1.32 bits per heavy atom. The van der Waals surface area contributed by atoms with Gasteiger partial charge in [-0.3, -0.25) is 4.79 Å². The minimum atomic E-state index is -3.42. The van der Waals surface area contributed by atoms with Gasteiger partial charge >= 0.3 is 0 Å². The van der Waals surface area contributed by atoms with E-state index in [1.165, 1.54) is 18.8 Å². The molecule has 0 aliphatic carbocycles. The maximum atomic E-state index is 11.6. The van der Waals surface area contributed by atoms with Crippen molar-refractivity contribution in [3.05, 3.63) is 24.3 Å². The molecule has 0 fully saturated rings. The van der Waals surface area contributed by atoms with Crippen LogP contribution in [-0.2, 0) is 14.8 Å². The average molecular weight is 303 g/mol. The summed E-state index contributed by atoms with van der Waals surface area (Å²) in [7, 11) is -1.97. The van der Waals surface area contributed by atoms with E-state index in [-0.39, 0.29) is 18.2 Å². The highest BCUT2D eigenvalue weighted by Gasteiger charge is 2.11. The molecule has 0 heterocycles. The molecule has 0 bridgehead atoms. The topological polar surface area (TPSA) is 101 Å². The molecule has 1 amide bonds. The van der Waals surface area contributed by atoms with Crippen LogP contribution in [0.1, 0.15) is 0 Å². The highest BCUT2D eigenvalue weighted by Crippen LogP contribution is 2.19. The molecule has 0 saturated heterocycles. The molecule has 0 aliphatic heterocycles. The van der Waals surface area contributed by atoms with Gasteiger partial charge in [0.1, 0.15) is 0 Å². The summed E-state index contributed by atoms with van der Waals surface area (Å²) in [6.07, 6.45) is 0. The normalized spacial score (nSPS) is 11.2. The third-order valence-corrected chi connectivity index (χ3v) is 4.83. The lowest BCUT2D eigenvalue weighted by Gasteiger charge is -2.06. The molecule has 1 rings (SSSR count). The van der Waals surface area contributed by atoms with Crippen molar-refractivity contribution in [2.75, 3.05) is 30.8 Å². The number of amides is 1. The molecule has 0 atom stereocenters. The summed E-state index contributed by atoms with van der Waals surface area (Å²) in [5.41, 5.74) is 6.22. The Bertz CT molecular complexity index is 514. The molecular formula is C11H17N3O3S2. The van der Waals surface area contributed by atoms with Gasteiger partial charge in [0.25, 0.3) is 0 Å². The first-order valence-corrected chi connectivity index (χ1v) is 8.23. The molecule has 1 aromatic carbocycles. The van der Waals surface area contributed by atoms with Gasteiger partial charge in [0.2, 0.25) is 15.9 Å². The predicted octanol–water partition coefficient (Wildman–Crippen LogP) is 0.0263. The largest absolute Gasteiger partial charge is 0.399 e. The van der Waals surface area contributed by atoms with Gasteiger partial charge in [-0.1, -0.05) is 0 Å². The van der Waals surface area contributed by atoms with Gasteiger partial charge < -0.3 is 11.1 Å². The molecule has 8 heteroatoms. The number of carbonyl (C=O) groups is 1. The maximum Gasteiger partial charge on any atom is 0.234 e. The number of nitrogens with one attached hydrogen (secondary N) is 2. The Hall–Kier alpha value is -1.25. The second-order valence-electron chi connectivity index (χ2n) is 3.73. The minimum Gasteiger partial charge on any atom is -0.399 e. The molecule has 106 valence electrons. The van der Waals surface area contributed by atoms with Gasteiger partial charge in [-0.2, -0.15) is 0 Å². The number of benzene rings is 1. The van der Waals surface area contributed by atoms with E-state index in [1.54, 1.807) is 12.1 Å². The van der Waals surface area contributed by atoms with Gasteiger partial charge in [0.05, 0.1) is 12.3 Å². The van der Waals surface area contributed by atoms with Crippen molar-refractivity contribution < 1.29 is 13.2 Å². The zero-order valence-corrected chi connectivity index (χ0v) is 12.2. The number of likely N-dealkylation sites (N-methyl/N-ethyl adjacent to an activating group) is 1. The van der Waals surface area contributed by atoms with E-state index in [0.29, 0.717) is 11.4 Å². The van der Waals surface area contributed by atoms with Crippen LogP contribution in [0.2, 0.25) is 0 Å². The number of nitrogen functional groups attached to an aromatic ring is 1. The Morgan fingerprint density at radius 3 is 2.53 bits per heavy atom. The Morgan fingerprint density at radius 2 is 1.95 bits per heavy atom. The third kappa shape index (κ3) is 6.46. The lowest BCUT2D eigenvalue weighted by molar-refractivity contribution is -0.119. The summed E-state index contributed by atoms with van der Waals surface area (Å²) in [4.78, 5) is 11.9. The fourth-order valence-corrected chi connectivity index (χ4v) is 3.44. The number of carbonyl (C=O) groups excluding carboxylic acids is 1. The van der Waals surface area contributed by atoms with Crippen molar-refractivity contribution in [2.45, 2.75) is 4.90 Å². The van der Waals surface area contributed by atoms with E-state index >= 15 is 0 Å². The third-order valence-electron chi connectivity index (χ3n) is 2.23. The first kappa shape index (κ1) is 15.8. The number of hydrogen-bond donors (Lipinski definition) is 3. The van der Waals surface area contributed by atoms with Crippen LogP contribution in [0.5, 0.6) is 0 Å². The average Bonchev–Trinajstić information content (AvgIpc) is 2.38. The molecular weight excluding hydrogens is 286 g/mol. The van der Waals surface area contributed by atoms with Crippen molar-refractivity contribution in [3.63, 3.8) is 0 Å². The highest BCUT2D eigenvalue weighted by atomic mass is 32.2. The molecule has 0 aliphatic rings. The zero-order valence-electron chi connectivity index (χ0n) is 10.5. The van der Waals surface area contributed by atoms with Crippen molar-refractivity contribution in [3.8, 4) is 0 Å². The summed E-state index contributed by atoms with van der Waals surface area (Å²) in [6, 6.07) is 7.20. The Balaban J connectivity index is 2.35. The fourth-order valence-electron chi connectivity index (χ4n) is 1.17. The van der Waals surface area contributed by atoms with E-state index in [4.69, 9.17) is 5.73 Å². The summed E-state index contributed by atoms with van der Waals surface area (Å²) >= 11 is 1.42. The molecule has 0 aromatic heterocycles. The number of thioether (sulfide) groups is 1. The number of anilines is 1. The van der Waals surface area contributed by atoms with Gasteiger partial charge in [-0.15, -0.1) is 11.8 Å². The van der Waals surface area contributed by atoms with Gasteiger partial charge in [0.15, 0.2) is 0 Å². The molecule has 19 heavy (non-hydrogen) atoms. The zero-order chi connectivity index (χ0) is 14.3. The van der Waals surface area contributed by atoms with Crippen LogP contribution in [0, 0.1) is 0 Å². The SMILES string of the molecule is CNC(=O)CNS(=O)(=O)CCSc1ccc(N)cc1. The monoisotopic (exact) mass is 303 g/mol. The molecule has 1 aromatic rings. The summed E-state index contributed by atoms with van der Waals surface area (Å²) in [5.74, 6) is 0.00114. The lowest BCUT2D eigenvalue weighted by atomic mass is 10.3. The van der Waals surface area contributed by atoms with Crippen LogP contribution in [0.25, 0.3) is 0 Å². The summed E-state index contributed by atoms with van der Waals surface area (Å²) < 4.78 is 25.4. The van der Waals surface area contributed by atoms with E-state index in [2.05, 4.69) is 10.0 Å². The standard InChI is InChI=1S/C11H17N3O3S2/c1-13-11(15)8-14-19(16,17)7-6-18-10-4-2-9(12)3-5-10/h2-5,14H,6-8,12H2,1H3,(H,13,15). The van der Waals surface area contributed by atoms with Gasteiger partial charge in [-0.05, 0) is 24.3 Å². The summed E-state index contributed by atoms with van der Waals surface area (Å²) in [5, 5.41) is 2.34. The van der Waals surface area contributed by atoms with Crippen molar-refractivity contribution >= 4 is 33.4 Å².